The molecule has 1 N–H and O–H groups in total. The average Bonchev–Trinajstić information content (AvgIpc) is 3.29. The van der Waals surface area contributed by atoms with Crippen molar-refractivity contribution in [2.75, 3.05) is 12.4 Å². The number of thiazole rings is 1. The van der Waals surface area contributed by atoms with Crippen LogP contribution in [-0.4, -0.2) is 27.8 Å². The van der Waals surface area contributed by atoms with Gasteiger partial charge in [-0.2, -0.15) is 9.78 Å². The molecule has 0 bridgehead atoms. The molecule has 0 aliphatic rings. The summed E-state index contributed by atoms with van der Waals surface area (Å²) in [5.41, 5.74) is 2.30. The van der Waals surface area contributed by atoms with Gasteiger partial charge in [0.15, 0.2) is 0 Å². The number of benzene rings is 2. The Hall–Kier alpha value is -3.52. The molecule has 4 rings (SSSR count). The number of halogens is 1. The number of carbonyl (C=O) groups is 1. The topological polar surface area (TPSA) is 69.0 Å². The maximum absolute atomic E-state index is 13.0. The second-order valence-corrected chi connectivity index (χ2v) is 7.30. The SMILES string of the molecule is COc1ccc2nc(-n3nc(C)cc3NC(=O)/C=C/c3ccc(F)cc3)sc2c1. The van der Waals surface area contributed by atoms with Crippen LogP contribution in [0.5, 0.6) is 5.75 Å². The number of ether oxygens (including phenoxy) is 1. The monoisotopic (exact) mass is 408 g/mol. The lowest BCUT2D eigenvalue weighted by Crippen LogP contribution is -2.12. The Labute approximate surface area is 170 Å². The number of nitrogens with zero attached hydrogens (tertiary/aromatic N) is 3. The number of aromatic nitrogens is 3. The van der Waals surface area contributed by atoms with E-state index in [0.717, 1.165) is 27.2 Å². The maximum atomic E-state index is 13.0. The fraction of sp³-hybridized carbons (Fsp3) is 0.0952. The number of methoxy groups -OCH3 is 1. The number of fused-ring (bicyclic) bond motifs is 1. The van der Waals surface area contributed by atoms with E-state index in [1.54, 1.807) is 36.1 Å². The van der Waals surface area contributed by atoms with Gasteiger partial charge in [0.2, 0.25) is 11.0 Å². The highest BCUT2D eigenvalue weighted by Crippen LogP contribution is 2.30. The van der Waals surface area contributed by atoms with E-state index in [0.29, 0.717) is 10.9 Å². The van der Waals surface area contributed by atoms with Crippen LogP contribution in [0.4, 0.5) is 10.2 Å². The second kappa shape index (κ2) is 7.84. The van der Waals surface area contributed by atoms with Crippen LogP contribution < -0.4 is 10.1 Å². The van der Waals surface area contributed by atoms with Crippen LogP contribution in [0, 0.1) is 12.7 Å². The van der Waals surface area contributed by atoms with Gasteiger partial charge >= 0.3 is 0 Å². The van der Waals surface area contributed by atoms with E-state index >= 15 is 0 Å². The highest BCUT2D eigenvalue weighted by atomic mass is 32.1. The van der Waals surface area contributed by atoms with Crippen molar-refractivity contribution < 1.29 is 13.9 Å². The molecule has 0 fully saturated rings. The van der Waals surface area contributed by atoms with Crippen molar-refractivity contribution >= 4 is 39.4 Å². The molecule has 0 atom stereocenters. The molecular formula is C21H17FN4O2S. The van der Waals surface area contributed by atoms with Crippen molar-refractivity contribution in [3.63, 3.8) is 0 Å². The van der Waals surface area contributed by atoms with E-state index < -0.39 is 0 Å². The lowest BCUT2D eigenvalue weighted by molar-refractivity contribution is -0.111. The fourth-order valence-corrected chi connectivity index (χ4v) is 3.72. The predicted octanol–water partition coefficient (Wildman–Crippen LogP) is 4.59. The van der Waals surface area contributed by atoms with Gasteiger partial charge in [0.1, 0.15) is 17.4 Å². The van der Waals surface area contributed by atoms with Crippen LogP contribution in [0.3, 0.4) is 0 Å². The Morgan fingerprint density at radius 2 is 2.00 bits per heavy atom. The van der Waals surface area contributed by atoms with E-state index in [-0.39, 0.29) is 11.7 Å². The van der Waals surface area contributed by atoms with E-state index in [2.05, 4.69) is 15.4 Å². The predicted molar refractivity (Wildman–Crippen MR) is 112 cm³/mol. The highest BCUT2D eigenvalue weighted by Gasteiger charge is 2.14. The van der Waals surface area contributed by atoms with Crippen LogP contribution in [0.1, 0.15) is 11.3 Å². The van der Waals surface area contributed by atoms with Gasteiger partial charge in [-0.1, -0.05) is 23.5 Å². The number of aryl methyl sites for hydroxylation is 1. The number of anilines is 1. The minimum Gasteiger partial charge on any atom is -0.497 e. The van der Waals surface area contributed by atoms with Crippen molar-refractivity contribution in [3.05, 3.63) is 71.7 Å². The van der Waals surface area contributed by atoms with Gasteiger partial charge in [0, 0.05) is 12.1 Å². The molecule has 6 nitrogen and oxygen atoms in total. The molecular weight excluding hydrogens is 391 g/mol. The quantitative estimate of drug-likeness (QED) is 0.491. The Bertz CT molecular complexity index is 1210. The first-order chi connectivity index (χ1) is 14.0. The number of nitrogens with one attached hydrogen (secondary N) is 1. The molecule has 0 unspecified atom stereocenters. The van der Waals surface area contributed by atoms with Gasteiger partial charge in [-0.15, -0.1) is 0 Å². The number of hydrogen-bond donors (Lipinski definition) is 1. The summed E-state index contributed by atoms with van der Waals surface area (Å²) in [6, 6.07) is 13.3. The second-order valence-electron chi connectivity index (χ2n) is 6.29. The summed E-state index contributed by atoms with van der Waals surface area (Å²) in [7, 11) is 1.62. The Kier molecular flexibility index (Phi) is 5.09. The smallest absolute Gasteiger partial charge is 0.249 e. The maximum Gasteiger partial charge on any atom is 0.249 e. The summed E-state index contributed by atoms with van der Waals surface area (Å²) >= 11 is 1.45. The number of carbonyl (C=O) groups excluding carboxylic acids is 1. The molecule has 0 saturated carbocycles. The Morgan fingerprint density at radius 3 is 2.76 bits per heavy atom. The van der Waals surface area contributed by atoms with Gasteiger partial charge in [-0.3, -0.25) is 4.79 Å². The summed E-state index contributed by atoms with van der Waals surface area (Å²) in [5, 5.41) is 7.91. The Balaban J connectivity index is 1.58. The van der Waals surface area contributed by atoms with E-state index in [1.807, 2.05) is 25.1 Å². The number of amides is 1. The zero-order chi connectivity index (χ0) is 20.4. The molecule has 4 aromatic rings. The molecule has 0 radical (unpaired) electrons. The molecule has 2 aromatic heterocycles. The molecule has 2 aromatic carbocycles. The van der Waals surface area contributed by atoms with Crippen molar-refractivity contribution in [3.8, 4) is 10.9 Å². The molecule has 2 heterocycles. The Morgan fingerprint density at radius 1 is 1.21 bits per heavy atom. The summed E-state index contributed by atoms with van der Waals surface area (Å²) in [5.74, 6) is 0.628. The minimum atomic E-state index is -0.321. The first kappa shape index (κ1) is 18.8. The summed E-state index contributed by atoms with van der Waals surface area (Å²) < 4.78 is 20.8. The van der Waals surface area contributed by atoms with Crippen LogP contribution in [-0.2, 0) is 4.79 Å². The summed E-state index contributed by atoms with van der Waals surface area (Å²) in [6.07, 6.45) is 3.01. The van der Waals surface area contributed by atoms with Gasteiger partial charge in [0.05, 0.1) is 23.0 Å². The third kappa shape index (κ3) is 4.17. The third-order valence-electron chi connectivity index (χ3n) is 4.15. The first-order valence-corrected chi connectivity index (χ1v) is 9.60. The van der Waals surface area contributed by atoms with Crippen molar-refractivity contribution in [2.24, 2.45) is 0 Å². The largest absolute Gasteiger partial charge is 0.497 e. The molecule has 0 spiro atoms. The zero-order valence-corrected chi connectivity index (χ0v) is 16.5. The third-order valence-corrected chi connectivity index (χ3v) is 5.14. The standard InChI is InChI=1S/C21H17FN4O2S/c1-13-11-19(24-20(27)10-5-14-3-6-15(22)7-4-14)26(25-13)21-23-17-9-8-16(28-2)12-18(17)29-21/h3-12H,1-2H3,(H,24,27)/b10-5+. The molecule has 0 aliphatic heterocycles. The van der Waals surface area contributed by atoms with Crippen molar-refractivity contribution in [2.45, 2.75) is 6.92 Å². The molecule has 0 aliphatic carbocycles. The average molecular weight is 408 g/mol. The normalized spacial score (nSPS) is 11.3. The van der Waals surface area contributed by atoms with Crippen molar-refractivity contribution in [1.29, 1.82) is 0 Å². The molecule has 1 amide bonds. The van der Waals surface area contributed by atoms with Gasteiger partial charge in [0.25, 0.3) is 0 Å². The van der Waals surface area contributed by atoms with Crippen LogP contribution in [0.25, 0.3) is 21.4 Å². The lowest BCUT2D eigenvalue weighted by Gasteiger charge is -2.04. The van der Waals surface area contributed by atoms with Gasteiger partial charge in [-0.25, -0.2) is 9.37 Å². The lowest BCUT2D eigenvalue weighted by atomic mass is 10.2. The summed E-state index contributed by atoms with van der Waals surface area (Å²) in [4.78, 5) is 17.0. The van der Waals surface area contributed by atoms with E-state index in [4.69, 9.17) is 4.74 Å². The van der Waals surface area contributed by atoms with Crippen LogP contribution in [0.15, 0.2) is 54.6 Å². The number of rotatable bonds is 5. The molecule has 8 heteroatoms. The number of hydrogen-bond acceptors (Lipinski definition) is 5. The van der Waals surface area contributed by atoms with E-state index in [9.17, 15) is 9.18 Å². The van der Waals surface area contributed by atoms with Gasteiger partial charge in [-0.05, 0) is 48.9 Å². The highest BCUT2D eigenvalue weighted by molar-refractivity contribution is 7.20. The fourth-order valence-electron chi connectivity index (χ4n) is 2.76. The molecule has 29 heavy (non-hydrogen) atoms. The summed E-state index contributed by atoms with van der Waals surface area (Å²) in [6.45, 7) is 1.84. The van der Waals surface area contributed by atoms with Crippen LogP contribution in [0.2, 0.25) is 0 Å². The van der Waals surface area contributed by atoms with Crippen LogP contribution >= 0.6 is 11.3 Å². The van der Waals surface area contributed by atoms with Gasteiger partial charge < -0.3 is 10.1 Å². The molecule has 0 saturated heterocycles. The van der Waals surface area contributed by atoms with Crippen molar-refractivity contribution in [1.82, 2.24) is 14.8 Å². The first-order valence-electron chi connectivity index (χ1n) is 8.78. The molecule has 146 valence electrons. The zero-order valence-electron chi connectivity index (χ0n) is 15.7. The van der Waals surface area contributed by atoms with E-state index in [1.165, 1.54) is 29.5 Å². The minimum absolute atomic E-state index is 0.320.